The van der Waals surface area contributed by atoms with Crippen LogP contribution in [-0.4, -0.2) is 22.4 Å². The van der Waals surface area contributed by atoms with Gasteiger partial charge in [0.05, 0.1) is 12.8 Å². The minimum atomic E-state index is -0.798. The van der Waals surface area contributed by atoms with E-state index in [1.54, 1.807) is 37.6 Å². The Morgan fingerprint density at radius 3 is 2.81 bits per heavy atom. The number of nitrogen functional groups attached to an aromatic ring is 1. The van der Waals surface area contributed by atoms with E-state index in [-0.39, 0.29) is 0 Å². The Bertz CT molecular complexity index is 468. The van der Waals surface area contributed by atoms with Gasteiger partial charge < -0.3 is 15.6 Å². The zero-order valence-corrected chi connectivity index (χ0v) is 8.84. The van der Waals surface area contributed by atoms with Crippen LogP contribution in [-0.2, 0) is 0 Å². The molecule has 0 spiro atoms. The summed E-state index contributed by atoms with van der Waals surface area (Å²) in [6.07, 6.45) is 0.784. The van der Waals surface area contributed by atoms with Crippen molar-refractivity contribution in [3.63, 3.8) is 0 Å². The Morgan fingerprint density at radius 2 is 2.25 bits per heavy atom. The minimum Gasteiger partial charge on any atom is -0.497 e. The lowest BCUT2D eigenvalue weighted by atomic mass is 10.0. The standard InChI is InChI=1S/C11H13N3O2/c1-16-7-2-3-8(9(12)6-7)11(15)10-4-5-13-14-10/h2-6,11,15H,12H2,1H3,(H,13,14). The van der Waals surface area contributed by atoms with Crippen LogP contribution in [0.5, 0.6) is 5.75 Å². The second-order valence-electron chi connectivity index (χ2n) is 3.41. The van der Waals surface area contributed by atoms with Gasteiger partial charge in [-0.1, -0.05) is 6.07 Å². The molecule has 1 aromatic carbocycles. The van der Waals surface area contributed by atoms with Crippen LogP contribution >= 0.6 is 0 Å². The number of ether oxygens (including phenoxy) is 1. The quantitative estimate of drug-likeness (QED) is 0.674. The summed E-state index contributed by atoms with van der Waals surface area (Å²) < 4.78 is 5.04. The molecule has 0 saturated carbocycles. The Hall–Kier alpha value is -2.01. The number of H-pyrrole nitrogens is 1. The Balaban J connectivity index is 2.34. The number of aliphatic hydroxyl groups is 1. The number of hydrogen-bond acceptors (Lipinski definition) is 4. The highest BCUT2D eigenvalue weighted by atomic mass is 16.5. The first-order chi connectivity index (χ1) is 7.72. The van der Waals surface area contributed by atoms with Gasteiger partial charge in [-0.15, -0.1) is 0 Å². The number of nitrogens with two attached hydrogens (primary N) is 1. The number of nitrogens with zero attached hydrogens (tertiary/aromatic N) is 1. The topological polar surface area (TPSA) is 84.2 Å². The Labute approximate surface area is 92.9 Å². The average Bonchev–Trinajstić information content (AvgIpc) is 2.81. The van der Waals surface area contributed by atoms with Gasteiger partial charge in [-0.2, -0.15) is 5.10 Å². The fourth-order valence-electron chi connectivity index (χ4n) is 1.52. The normalized spacial score (nSPS) is 12.4. The van der Waals surface area contributed by atoms with Gasteiger partial charge in [-0.3, -0.25) is 5.10 Å². The maximum absolute atomic E-state index is 10.0. The highest BCUT2D eigenvalue weighted by Crippen LogP contribution is 2.28. The van der Waals surface area contributed by atoms with Crippen LogP contribution in [0.25, 0.3) is 0 Å². The van der Waals surface area contributed by atoms with E-state index >= 15 is 0 Å². The second kappa shape index (κ2) is 4.24. The molecule has 0 fully saturated rings. The van der Waals surface area contributed by atoms with Crippen molar-refractivity contribution in [1.82, 2.24) is 10.2 Å². The fraction of sp³-hybridized carbons (Fsp3) is 0.182. The van der Waals surface area contributed by atoms with E-state index in [9.17, 15) is 5.11 Å². The second-order valence-corrected chi connectivity index (χ2v) is 3.41. The summed E-state index contributed by atoms with van der Waals surface area (Å²) in [6, 6.07) is 6.87. The number of aromatic amines is 1. The first kappa shape index (κ1) is 10.5. The molecule has 2 aromatic rings. The zero-order valence-electron chi connectivity index (χ0n) is 8.84. The number of methoxy groups -OCH3 is 1. The number of anilines is 1. The smallest absolute Gasteiger partial charge is 0.122 e. The maximum atomic E-state index is 10.0. The molecule has 0 aliphatic heterocycles. The zero-order chi connectivity index (χ0) is 11.5. The van der Waals surface area contributed by atoms with Gasteiger partial charge in [0.25, 0.3) is 0 Å². The molecule has 2 rings (SSSR count). The first-order valence-electron chi connectivity index (χ1n) is 4.83. The van der Waals surface area contributed by atoms with Crippen molar-refractivity contribution in [2.45, 2.75) is 6.10 Å². The molecular weight excluding hydrogens is 206 g/mol. The molecule has 1 unspecified atom stereocenters. The number of hydrogen-bond donors (Lipinski definition) is 3. The molecule has 1 atom stereocenters. The molecule has 0 aliphatic rings. The van der Waals surface area contributed by atoms with Gasteiger partial charge in [-0.05, 0) is 12.1 Å². The Morgan fingerprint density at radius 1 is 1.44 bits per heavy atom. The summed E-state index contributed by atoms with van der Waals surface area (Å²) in [5.74, 6) is 0.665. The molecular formula is C11H13N3O2. The molecule has 5 nitrogen and oxygen atoms in total. The molecule has 1 heterocycles. The van der Waals surface area contributed by atoms with Crippen LogP contribution in [0.4, 0.5) is 5.69 Å². The fourth-order valence-corrected chi connectivity index (χ4v) is 1.52. The summed E-state index contributed by atoms with van der Waals surface area (Å²) >= 11 is 0. The van der Waals surface area contributed by atoms with E-state index in [0.29, 0.717) is 22.7 Å². The third-order valence-electron chi connectivity index (χ3n) is 2.41. The number of benzene rings is 1. The van der Waals surface area contributed by atoms with Gasteiger partial charge >= 0.3 is 0 Å². The lowest BCUT2D eigenvalue weighted by molar-refractivity contribution is 0.216. The molecule has 0 bridgehead atoms. The first-order valence-corrected chi connectivity index (χ1v) is 4.83. The van der Waals surface area contributed by atoms with Crippen LogP contribution < -0.4 is 10.5 Å². The van der Waals surface area contributed by atoms with Crippen LogP contribution in [0.15, 0.2) is 30.5 Å². The van der Waals surface area contributed by atoms with Crippen LogP contribution in [0.2, 0.25) is 0 Å². The van der Waals surface area contributed by atoms with Crippen molar-refractivity contribution in [2.75, 3.05) is 12.8 Å². The Kier molecular flexibility index (Phi) is 2.78. The molecule has 5 heteroatoms. The van der Waals surface area contributed by atoms with Crippen molar-refractivity contribution in [2.24, 2.45) is 0 Å². The summed E-state index contributed by atoms with van der Waals surface area (Å²) in [4.78, 5) is 0. The van der Waals surface area contributed by atoms with E-state index < -0.39 is 6.10 Å². The number of rotatable bonds is 3. The predicted octanol–water partition coefficient (Wildman–Crippen LogP) is 1.08. The molecule has 0 radical (unpaired) electrons. The molecule has 4 N–H and O–H groups in total. The summed E-state index contributed by atoms with van der Waals surface area (Å²) in [7, 11) is 1.57. The molecule has 84 valence electrons. The minimum absolute atomic E-state index is 0.487. The average molecular weight is 219 g/mol. The van der Waals surface area contributed by atoms with Crippen molar-refractivity contribution < 1.29 is 9.84 Å². The van der Waals surface area contributed by atoms with E-state index in [1.165, 1.54) is 0 Å². The third-order valence-corrected chi connectivity index (χ3v) is 2.41. The molecule has 0 aliphatic carbocycles. The van der Waals surface area contributed by atoms with E-state index in [0.717, 1.165) is 0 Å². The van der Waals surface area contributed by atoms with Gasteiger partial charge in [0, 0.05) is 23.5 Å². The van der Waals surface area contributed by atoms with Gasteiger partial charge in [0.2, 0.25) is 0 Å². The summed E-state index contributed by atoms with van der Waals surface area (Å²) in [6.45, 7) is 0. The van der Waals surface area contributed by atoms with Gasteiger partial charge in [0.1, 0.15) is 11.9 Å². The lowest BCUT2D eigenvalue weighted by Crippen LogP contribution is -2.04. The molecule has 1 aromatic heterocycles. The largest absolute Gasteiger partial charge is 0.497 e. The molecule has 16 heavy (non-hydrogen) atoms. The van der Waals surface area contributed by atoms with Crippen LogP contribution in [0, 0.1) is 0 Å². The van der Waals surface area contributed by atoms with Crippen molar-refractivity contribution in [3.05, 3.63) is 41.7 Å². The van der Waals surface area contributed by atoms with Gasteiger partial charge in [-0.25, -0.2) is 0 Å². The van der Waals surface area contributed by atoms with Crippen LogP contribution in [0.3, 0.4) is 0 Å². The number of aromatic nitrogens is 2. The monoisotopic (exact) mass is 219 g/mol. The maximum Gasteiger partial charge on any atom is 0.122 e. The van der Waals surface area contributed by atoms with Crippen molar-refractivity contribution in [3.8, 4) is 5.75 Å². The SMILES string of the molecule is COc1ccc(C(O)c2ccn[nH]2)c(N)c1. The van der Waals surface area contributed by atoms with Crippen LogP contribution in [0.1, 0.15) is 17.4 Å². The van der Waals surface area contributed by atoms with Gasteiger partial charge in [0.15, 0.2) is 0 Å². The molecule has 0 amide bonds. The van der Waals surface area contributed by atoms with E-state index in [2.05, 4.69) is 10.2 Å². The molecule has 0 saturated heterocycles. The van der Waals surface area contributed by atoms with Crippen molar-refractivity contribution >= 4 is 5.69 Å². The van der Waals surface area contributed by atoms with E-state index in [4.69, 9.17) is 10.5 Å². The highest BCUT2D eigenvalue weighted by molar-refractivity contribution is 5.53. The third kappa shape index (κ3) is 1.85. The lowest BCUT2D eigenvalue weighted by Gasteiger charge is -2.12. The summed E-state index contributed by atoms with van der Waals surface area (Å²) in [5.41, 5.74) is 7.55. The van der Waals surface area contributed by atoms with E-state index in [1.807, 2.05) is 0 Å². The van der Waals surface area contributed by atoms with Crippen molar-refractivity contribution in [1.29, 1.82) is 0 Å². The number of aliphatic hydroxyl groups excluding tert-OH is 1. The summed E-state index contributed by atoms with van der Waals surface area (Å²) in [5, 5.41) is 16.5. The highest BCUT2D eigenvalue weighted by Gasteiger charge is 2.14. The number of nitrogens with one attached hydrogen (secondary N) is 1. The predicted molar refractivity (Wildman–Crippen MR) is 60.1 cm³/mol.